The minimum atomic E-state index is 0.170. The lowest BCUT2D eigenvalue weighted by Crippen LogP contribution is -2.51. The molecule has 1 spiro atoms. The minimum Gasteiger partial charge on any atom is -0.396 e. The zero-order valence-electron chi connectivity index (χ0n) is 12.5. The fourth-order valence-corrected chi connectivity index (χ4v) is 5.41. The Kier molecular flexibility index (Phi) is 4.96. The highest BCUT2D eigenvalue weighted by Crippen LogP contribution is 2.39. The van der Waals surface area contributed by atoms with Gasteiger partial charge >= 0.3 is 0 Å². The van der Waals surface area contributed by atoms with E-state index in [0.717, 1.165) is 19.6 Å². The van der Waals surface area contributed by atoms with Crippen molar-refractivity contribution in [1.29, 1.82) is 0 Å². The second-order valence-corrected chi connectivity index (χ2v) is 8.30. The highest BCUT2D eigenvalue weighted by atomic mass is 32.2. The van der Waals surface area contributed by atoms with Crippen molar-refractivity contribution in [3.05, 3.63) is 0 Å². The summed E-state index contributed by atoms with van der Waals surface area (Å²) in [5, 5.41) is 13.5. The Balaban J connectivity index is 1.52. The first-order chi connectivity index (χ1) is 9.76. The highest BCUT2D eigenvalue weighted by molar-refractivity contribution is 7.99. The summed E-state index contributed by atoms with van der Waals surface area (Å²) < 4.78 is 6.16. The van der Waals surface area contributed by atoms with Crippen molar-refractivity contribution in [3.8, 4) is 0 Å². The van der Waals surface area contributed by atoms with Gasteiger partial charge in [-0.25, -0.2) is 0 Å². The second kappa shape index (κ2) is 6.55. The number of nitrogens with one attached hydrogen (secondary N) is 1. The predicted octanol–water partition coefficient (Wildman–Crippen LogP) is 2.57. The van der Waals surface area contributed by atoms with Crippen LogP contribution in [-0.4, -0.2) is 48.0 Å². The number of thioether (sulfide) groups is 1. The van der Waals surface area contributed by atoms with Gasteiger partial charge in [-0.1, -0.05) is 12.8 Å². The number of aliphatic hydroxyl groups excluding tert-OH is 1. The monoisotopic (exact) mass is 299 g/mol. The molecule has 0 aromatic carbocycles. The van der Waals surface area contributed by atoms with Crippen LogP contribution in [0.2, 0.25) is 0 Å². The van der Waals surface area contributed by atoms with E-state index in [1.807, 2.05) is 0 Å². The van der Waals surface area contributed by atoms with Gasteiger partial charge < -0.3 is 15.2 Å². The van der Waals surface area contributed by atoms with Gasteiger partial charge in [-0.2, -0.15) is 11.8 Å². The summed E-state index contributed by atoms with van der Waals surface area (Å²) in [4.78, 5) is 0. The third-order valence-corrected chi connectivity index (χ3v) is 6.65. The Labute approximate surface area is 127 Å². The predicted molar refractivity (Wildman–Crippen MR) is 84.3 cm³/mol. The summed E-state index contributed by atoms with van der Waals surface area (Å²) in [7, 11) is 0. The van der Waals surface area contributed by atoms with Crippen LogP contribution in [0.4, 0.5) is 0 Å². The van der Waals surface area contributed by atoms with Crippen molar-refractivity contribution in [2.75, 3.05) is 31.3 Å². The molecule has 3 aliphatic rings. The number of aliphatic hydroxyl groups is 1. The first-order valence-electron chi connectivity index (χ1n) is 8.32. The summed E-state index contributed by atoms with van der Waals surface area (Å²) in [6.45, 7) is 2.26. The van der Waals surface area contributed by atoms with Gasteiger partial charge in [-0.05, 0) is 50.0 Å². The van der Waals surface area contributed by atoms with Crippen LogP contribution in [0.1, 0.15) is 51.4 Å². The quantitative estimate of drug-likeness (QED) is 0.837. The van der Waals surface area contributed by atoms with Gasteiger partial charge in [0.15, 0.2) is 0 Å². The summed E-state index contributed by atoms with van der Waals surface area (Å²) >= 11 is 2.07. The highest BCUT2D eigenvalue weighted by Gasteiger charge is 2.40. The smallest absolute Gasteiger partial charge is 0.0713 e. The molecule has 1 aliphatic carbocycles. The summed E-state index contributed by atoms with van der Waals surface area (Å²) in [5.74, 6) is 2.51. The van der Waals surface area contributed by atoms with Gasteiger partial charge in [0.1, 0.15) is 0 Å². The number of rotatable bonds is 4. The van der Waals surface area contributed by atoms with Crippen LogP contribution in [0.5, 0.6) is 0 Å². The van der Waals surface area contributed by atoms with Gasteiger partial charge in [0.05, 0.1) is 5.60 Å². The number of hydrogen-bond donors (Lipinski definition) is 2. The molecule has 4 heteroatoms. The Morgan fingerprint density at radius 1 is 1.15 bits per heavy atom. The molecule has 0 aromatic heterocycles. The zero-order valence-corrected chi connectivity index (χ0v) is 13.3. The molecule has 2 saturated heterocycles. The number of ether oxygens (including phenoxy) is 1. The Hall–Kier alpha value is 0.230. The molecule has 1 saturated carbocycles. The lowest BCUT2D eigenvalue weighted by molar-refractivity contribution is -0.0942. The van der Waals surface area contributed by atoms with Gasteiger partial charge in [-0.15, -0.1) is 0 Å². The SMILES string of the molecule is OCC1(CNC2CCOC3(CCSCC3)C2)CCCC1. The average molecular weight is 299 g/mol. The summed E-state index contributed by atoms with van der Waals surface area (Å²) in [5.41, 5.74) is 0.344. The van der Waals surface area contributed by atoms with E-state index in [1.54, 1.807) is 0 Å². The van der Waals surface area contributed by atoms with E-state index < -0.39 is 0 Å². The number of hydrogen-bond acceptors (Lipinski definition) is 4. The van der Waals surface area contributed by atoms with Gasteiger partial charge in [0, 0.05) is 31.2 Å². The van der Waals surface area contributed by atoms with E-state index in [4.69, 9.17) is 4.74 Å². The second-order valence-electron chi connectivity index (χ2n) is 7.08. The van der Waals surface area contributed by atoms with Gasteiger partial charge in [0.2, 0.25) is 0 Å². The van der Waals surface area contributed by atoms with Crippen molar-refractivity contribution >= 4 is 11.8 Å². The van der Waals surface area contributed by atoms with Crippen LogP contribution < -0.4 is 5.32 Å². The van der Waals surface area contributed by atoms with Crippen molar-refractivity contribution < 1.29 is 9.84 Å². The van der Waals surface area contributed by atoms with Gasteiger partial charge in [-0.3, -0.25) is 0 Å². The van der Waals surface area contributed by atoms with Crippen LogP contribution in [0.3, 0.4) is 0 Å². The molecule has 2 N–H and O–H groups in total. The van der Waals surface area contributed by atoms with Crippen molar-refractivity contribution in [2.24, 2.45) is 5.41 Å². The summed E-state index contributed by atoms with van der Waals surface area (Å²) in [6, 6.07) is 0.593. The van der Waals surface area contributed by atoms with Crippen LogP contribution >= 0.6 is 11.8 Å². The standard InChI is InChI=1S/C16H29NO2S/c18-13-15(4-1-2-5-15)12-17-14-3-8-19-16(11-14)6-9-20-10-7-16/h14,17-18H,1-13H2. The molecule has 3 rings (SSSR count). The van der Waals surface area contributed by atoms with E-state index in [9.17, 15) is 5.11 Å². The molecular formula is C16H29NO2S. The van der Waals surface area contributed by atoms with Crippen molar-refractivity contribution in [3.63, 3.8) is 0 Å². The molecule has 0 amide bonds. The fourth-order valence-electron chi connectivity index (χ4n) is 4.17. The zero-order chi connectivity index (χ0) is 13.9. The van der Waals surface area contributed by atoms with E-state index in [1.165, 1.54) is 56.5 Å². The first kappa shape index (κ1) is 15.1. The lowest BCUT2D eigenvalue weighted by atomic mass is 9.83. The minimum absolute atomic E-state index is 0.170. The molecule has 3 nitrogen and oxygen atoms in total. The van der Waals surface area contributed by atoms with E-state index in [0.29, 0.717) is 12.6 Å². The average Bonchev–Trinajstić information content (AvgIpc) is 2.96. The van der Waals surface area contributed by atoms with Crippen LogP contribution in [-0.2, 0) is 4.74 Å². The molecule has 116 valence electrons. The Morgan fingerprint density at radius 2 is 1.90 bits per heavy atom. The van der Waals surface area contributed by atoms with E-state index >= 15 is 0 Å². The first-order valence-corrected chi connectivity index (χ1v) is 9.47. The maximum Gasteiger partial charge on any atom is 0.0713 e. The van der Waals surface area contributed by atoms with Crippen LogP contribution in [0.15, 0.2) is 0 Å². The molecule has 0 bridgehead atoms. The fraction of sp³-hybridized carbons (Fsp3) is 1.00. The molecular weight excluding hydrogens is 270 g/mol. The molecule has 1 atom stereocenters. The normalized spacial score (nSPS) is 32.5. The molecule has 0 radical (unpaired) electrons. The maximum absolute atomic E-state index is 9.72. The van der Waals surface area contributed by atoms with E-state index in [2.05, 4.69) is 17.1 Å². The molecule has 3 fully saturated rings. The summed E-state index contributed by atoms with van der Waals surface area (Å²) in [6.07, 6.45) is 9.73. The van der Waals surface area contributed by atoms with Crippen molar-refractivity contribution in [1.82, 2.24) is 5.32 Å². The molecule has 2 heterocycles. The molecule has 2 aliphatic heterocycles. The van der Waals surface area contributed by atoms with Crippen molar-refractivity contribution in [2.45, 2.75) is 63.0 Å². The van der Waals surface area contributed by atoms with Crippen LogP contribution in [0.25, 0.3) is 0 Å². The molecule has 20 heavy (non-hydrogen) atoms. The Bertz CT molecular complexity index is 306. The largest absolute Gasteiger partial charge is 0.396 e. The van der Waals surface area contributed by atoms with Gasteiger partial charge in [0.25, 0.3) is 0 Å². The third kappa shape index (κ3) is 3.34. The van der Waals surface area contributed by atoms with Crippen LogP contribution in [0, 0.1) is 5.41 Å². The lowest BCUT2D eigenvalue weighted by Gasteiger charge is -2.44. The molecule has 0 aromatic rings. The molecule has 1 unspecified atom stereocenters. The van der Waals surface area contributed by atoms with E-state index in [-0.39, 0.29) is 11.0 Å². The maximum atomic E-state index is 9.72. The third-order valence-electron chi connectivity index (χ3n) is 5.66. The Morgan fingerprint density at radius 3 is 2.60 bits per heavy atom. The topological polar surface area (TPSA) is 41.5 Å².